The van der Waals surface area contributed by atoms with Crippen LogP contribution in [0.3, 0.4) is 0 Å². The SMILES string of the molecule is CC(=O)NC[C@H]1CN(c2cc(F)c(N3CCN(C(=O)COCc4ccccc4)CC3)c(F)c2)C(=O)O1. The zero-order valence-electron chi connectivity index (χ0n) is 19.9. The normalized spacial score (nSPS) is 17.8. The topological polar surface area (TPSA) is 91.4 Å². The van der Waals surface area contributed by atoms with Gasteiger partial charge < -0.3 is 24.6 Å². The van der Waals surface area contributed by atoms with Crippen molar-refractivity contribution in [3.05, 3.63) is 59.7 Å². The zero-order valence-corrected chi connectivity index (χ0v) is 19.9. The van der Waals surface area contributed by atoms with Gasteiger partial charge in [0.05, 0.1) is 25.4 Å². The summed E-state index contributed by atoms with van der Waals surface area (Å²) in [5.41, 5.74) is 0.803. The number of carbonyl (C=O) groups is 3. The van der Waals surface area contributed by atoms with E-state index < -0.39 is 23.8 Å². The van der Waals surface area contributed by atoms with Gasteiger partial charge in [-0.1, -0.05) is 30.3 Å². The molecule has 11 heteroatoms. The highest BCUT2D eigenvalue weighted by molar-refractivity contribution is 5.90. The lowest BCUT2D eigenvalue weighted by Gasteiger charge is -2.36. The second-order valence-electron chi connectivity index (χ2n) is 8.66. The van der Waals surface area contributed by atoms with Crippen LogP contribution in [0.15, 0.2) is 42.5 Å². The molecule has 2 aliphatic rings. The quantitative estimate of drug-likeness (QED) is 0.596. The van der Waals surface area contributed by atoms with Gasteiger partial charge in [0.2, 0.25) is 11.8 Å². The van der Waals surface area contributed by atoms with E-state index in [9.17, 15) is 23.2 Å². The molecule has 0 spiro atoms. The molecule has 36 heavy (non-hydrogen) atoms. The maximum atomic E-state index is 15.0. The Morgan fingerprint density at radius 1 is 1.08 bits per heavy atom. The van der Waals surface area contributed by atoms with Crippen LogP contribution in [0.1, 0.15) is 12.5 Å². The molecule has 9 nitrogen and oxygen atoms in total. The van der Waals surface area contributed by atoms with Gasteiger partial charge in [-0.3, -0.25) is 14.5 Å². The average Bonchev–Trinajstić information content (AvgIpc) is 3.24. The van der Waals surface area contributed by atoms with E-state index in [1.807, 2.05) is 30.3 Å². The number of nitrogens with zero attached hydrogens (tertiary/aromatic N) is 3. The monoisotopic (exact) mass is 502 g/mol. The maximum Gasteiger partial charge on any atom is 0.414 e. The minimum absolute atomic E-state index is 0.0356. The van der Waals surface area contributed by atoms with Crippen LogP contribution in [0.4, 0.5) is 25.0 Å². The van der Waals surface area contributed by atoms with Crippen molar-refractivity contribution in [3.8, 4) is 0 Å². The van der Waals surface area contributed by atoms with Gasteiger partial charge in [-0.25, -0.2) is 13.6 Å². The average molecular weight is 503 g/mol. The number of anilines is 2. The molecule has 0 saturated carbocycles. The Hall–Kier alpha value is -3.73. The zero-order chi connectivity index (χ0) is 25.7. The summed E-state index contributed by atoms with van der Waals surface area (Å²) in [7, 11) is 0. The lowest BCUT2D eigenvalue weighted by molar-refractivity contribution is -0.136. The van der Waals surface area contributed by atoms with Crippen LogP contribution in [0.2, 0.25) is 0 Å². The van der Waals surface area contributed by atoms with Crippen LogP contribution in [0.25, 0.3) is 0 Å². The van der Waals surface area contributed by atoms with E-state index >= 15 is 0 Å². The van der Waals surface area contributed by atoms with Crippen LogP contribution < -0.4 is 15.1 Å². The minimum Gasteiger partial charge on any atom is -0.442 e. The molecule has 2 aromatic rings. The van der Waals surface area contributed by atoms with Crippen molar-refractivity contribution in [2.24, 2.45) is 0 Å². The molecule has 4 rings (SSSR count). The van der Waals surface area contributed by atoms with E-state index in [1.165, 1.54) is 6.92 Å². The number of piperazine rings is 1. The van der Waals surface area contributed by atoms with Gasteiger partial charge in [0.1, 0.15) is 18.4 Å². The summed E-state index contributed by atoms with van der Waals surface area (Å²) < 4.78 is 40.6. The molecule has 2 aromatic carbocycles. The Labute approximate surface area is 207 Å². The Bertz CT molecular complexity index is 1090. The van der Waals surface area contributed by atoms with Crippen molar-refractivity contribution in [2.75, 3.05) is 55.7 Å². The molecule has 2 aliphatic heterocycles. The second kappa shape index (κ2) is 11.3. The summed E-state index contributed by atoms with van der Waals surface area (Å²) in [6.45, 7) is 2.88. The van der Waals surface area contributed by atoms with Crippen LogP contribution in [-0.4, -0.2) is 74.8 Å². The predicted octanol–water partition coefficient (Wildman–Crippen LogP) is 2.29. The number of ether oxygens (including phenoxy) is 2. The first kappa shape index (κ1) is 25.4. The number of cyclic esters (lactones) is 1. The van der Waals surface area contributed by atoms with E-state index in [0.717, 1.165) is 22.6 Å². The van der Waals surface area contributed by atoms with Gasteiger partial charge in [-0.15, -0.1) is 0 Å². The smallest absolute Gasteiger partial charge is 0.414 e. The molecule has 2 saturated heterocycles. The van der Waals surface area contributed by atoms with Gasteiger partial charge in [0, 0.05) is 45.2 Å². The Morgan fingerprint density at radius 3 is 2.39 bits per heavy atom. The molecule has 1 atom stereocenters. The number of halogens is 2. The van der Waals surface area contributed by atoms with Crippen molar-refractivity contribution in [1.29, 1.82) is 0 Å². The molecule has 0 aromatic heterocycles. The van der Waals surface area contributed by atoms with E-state index in [4.69, 9.17) is 9.47 Å². The molecule has 2 heterocycles. The Morgan fingerprint density at radius 2 is 1.75 bits per heavy atom. The predicted molar refractivity (Wildman–Crippen MR) is 128 cm³/mol. The van der Waals surface area contributed by atoms with E-state index in [-0.39, 0.29) is 56.0 Å². The van der Waals surface area contributed by atoms with E-state index in [2.05, 4.69) is 5.32 Å². The fourth-order valence-electron chi connectivity index (χ4n) is 4.21. The first-order chi connectivity index (χ1) is 17.3. The molecule has 0 bridgehead atoms. The number of carbonyl (C=O) groups excluding carboxylic acids is 3. The summed E-state index contributed by atoms with van der Waals surface area (Å²) in [6, 6.07) is 11.7. The molecule has 192 valence electrons. The second-order valence-corrected chi connectivity index (χ2v) is 8.66. The number of hydrogen-bond acceptors (Lipinski definition) is 6. The van der Waals surface area contributed by atoms with Gasteiger partial charge in [-0.2, -0.15) is 0 Å². The summed E-state index contributed by atoms with van der Waals surface area (Å²) in [6.07, 6.45) is -1.35. The lowest BCUT2D eigenvalue weighted by atomic mass is 10.2. The van der Waals surface area contributed by atoms with Gasteiger partial charge in [0.25, 0.3) is 0 Å². The highest BCUT2D eigenvalue weighted by Gasteiger charge is 2.34. The van der Waals surface area contributed by atoms with Gasteiger partial charge in [0.15, 0.2) is 11.6 Å². The van der Waals surface area contributed by atoms with Crippen LogP contribution in [0.5, 0.6) is 0 Å². The third-order valence-electron chi connectivity index (χ3n) is 6.05. The van der Waals surface area contributed by atoms with E-state index in [1.54, 1.807) is 9.80 Å². The third-order valence-corrected chi connectivity index (χ3v) is 6.05. The summed E-state index contributed by atoms with van der Waals surface area (Å²) >= 11 is 0. The fraction of sp³-hybridized carbons (Fsp3) is 0.400. The lowest BCUT2D eigenvalue weighted by Crippen LogP contribution is -2.50. The Balaban J connectivity index is 1.31. The highest BCUT2D eigenvalue weighted by Crippen LogP contribution is 2.31. The number of nitrogens with one attached hydrogen (secondary N) is 1. The van der Waals surface area contributed by atoms with Crippen molar-refractivity contribution in [2.45, 2.75) is 19.6 Å². The molecular formula is C25H28F2N4O5. The molecule has 0 aliphatic carbocycles. The number of rotatable bonds is 8. The third kappa shape index (κ3) is 6.09. The fourth-order valence-corrected chi connectivity index (χ4v) is 4.21. The molecule has 3 amide bonds. The van der Waals surface area contributed by atoms with Gasteiger partial charge >= 0.3 is 6.09 Å². The summed E-state index contributed by atoms with van der Waals surface area (Å²) in [5, 5.41) is 2.55. The highest BCUT2D eigenvalue weighted by atomic mass is 19.1. The van der Waals surface area contributed by atoms with Crippen LogP contribution >= 0.6 is 0 Å². The first-order valence-corrected chi connectivity index (χ1v) is 11.7. The van der Waals surface area contributed by atoms with Crippen molar-refractivity contribution < 1.29 is 32.6 Å². The summed E-state index contributed by atoms with van der Waals surface area (Å²) in [5.74, 6) is -2.07. The largest absolute Gasteiger partial charge is 0.442 e. The standard InChI is InChI=1S/C25H28F2N4O5/c1-17(32)28-13-20-14-31(25(34)36-20)19-11-21(26)24(22(27)12-19)30-9-7-29(8-10-30)23(33)16-35-15-18-5-3-2-4-6-18/h2-6,11-12,20H,7-10,13-16H2,1H3,(H,28,32)/t20-/m0/s1. The van der Waals surface area contributed by atoms with Gasteiger partial charge in [-0.05, 0) is 5.56 Å². The van der Waals surface area contributed by atoms with Crippen molar-refractivity contribution in [3.63, 3.8) is 0 Å². The van der Waals surface area contributed by atoms with Crippen molar-refractivity contribution >= 4 is 29.3 Å². The minimum atomic E-state index is -0.811. The molecular weight excluding hydrogens is 474 g/mol. The molecule has 2 fully saturated rings. The number of amides is 3. The maximum absolute atomic E-state index is 15.0. The Kier molecular flexibility index (Phi) is 7.99. The summed E-state index contributed by atoms with van der Waals surface area (Å²) in [4.78, 5) is 40.0. The van der Waals surface area contributed by atoms with Crippen LogP contribution in [-0.2, 0) is 25.7 Å². The molecule has 1 N–H and O–H groups in total. The van der Waals surface area contributed by atoms with E-state index in [0.29, 0.717) is 19.7 Å². The number of benzene rings is 2. The molecule has 0 unspecified atom stereocenters. The number of hydrogen-bond donors (Lipinski definition) is 1. The van der Waals surface area contributed by atoms with Crippen LogP contribution in [0, 0.1) is 11.6 Å². The first-order valence-electron chi connectivity index (χ1n) is 11.7. The molecule has 0 radical (unpaired) electrons. The van der Waals surface area contributed by atoms with Crippen molar-refractivity contribution in [1.82, 2.24) is 10.2 Å².